The van der Waals surface area contributed by atoms with Gasteiger partial charge in [-0.05, 0) is 45.7 Å². The Hall–Kier alpha value is -1.09. The molecule has 2 atom stereocenters. The van der Waals surface area contributed by atoms with Crippen LogP contribution in [0.1, 0.15) is 57.6 Å². The molecule has 1 saturated heterocycles. The van der Waals surface area contributed by atoms with Gasteiger partial charge in [-0.1, -0.05) is 19.4 Å². The van der Waals surface area contributed by atoms with E-state index >= 15 is 0 Å². The fourth-order valence-corrected chi connectivity index (χ4v) is 3.06. The lowest BCUT2D eigenvalue weighted by Gasteiger charge is -2.38. The first-order valence-corrected chi connectivity index (χ1v) is 7.66. The van der Waals surface area contributed by atoms with Gasteiger partial charge in [0.1, 0.15) is 5.82 Å². The van der Waals surface area contributed by atoms with Crippen molar-refractivity contribution in [3.05, 3.63) is 23.9 Å². The zero-order valence-electron chi connectivity index (χ0n) is 12.5. The summed E-state index contributed by atoms with van der Waals surface area (Å²) in [5, 5.41) is 3.34. The highest BCUT2D eigenvalue weighted by Crippen LogP contribution is 2.30. The number of nitrogens with zero attached hydrogens (tertiary/aromatic N) is 2. The lowest BCUT2D eigenvalue weighted by Crippen LogP contribution is -2.41. The molecule has 0 bridgehead atoms. The first-order valence-electron chi connectivity index (χ1n) is 7.66. The monoisotopic (exact) mass is 261 g/mol. The van der Waals surface area contributed by atoms with Crippen molar-refractivity contribution in [3.63, 3.8) is 0 Å². The quantitative estimate of drug-likeness (QED) is 0.879. The minimum absolute atomic E-state index is 0.355. The fraction of sp³-hybridized carbons (Fsp3) is 0.688. The fourth-order valence-electron chi connectivity index (χ4n) is 3.06. The molecule has 1 aromatic heterocycles. The van der Waals surface area contributed by atoms with Crippen molar-refractivity contribution in [1.82, 2.24) is 10.3 Å². The molecule has 2 unspecified atom stereocenters. The molecule has 2 rings (SSSR count). The van der Waals surface area contributed by atoms with Crippen LogP contribution in [0.15, 0.2) is 18.3 Å². The zero-order valence-corrected chi connectivity index (χ0v) is 12.5. The molecule has 1 aliphatic heterocycles. The number of hydrogen-bond donors (Lipinski definition) is 1. The second-order valence-electron chi connectivity index (χ2n) is 5.56. The summed E-state index contributed by atoms with van der Waals surface area (Å²) >= 11 is 0. The van der Waals surface area contributed by atoms with Crippen LogP contribution in [0.3, 0.4) is 0 Å². The minimum atomic E-state index is 0.355. The normalized spacial score (nSPS) is 21.4. The Bertz CT molecular complexity index is 389. The van der Waals surface area contributed by atoms with Gasteiger partial charge in [0.05, 0.1) is 0 Å². The highest BCUT2D eigenvalue weighted by atomic mass is 15.2. The molecule has 0 aliphatic carbocycles. The predicted molar refractivity (Wildman–Crippen MR) is 81.6 cm³/mol. The predicted octanol–water partition coefficient (Wildman–Crippen LogP) is 3.52. The third kappa shape index (κ3) is 3.27. The topological polar surface area (TPSA) is 28.2 Å². The molecule has 2 heterocycles. The number of hydrogen-bond acceptors (Lipinski definition) is 3. The van der Waals surface area contributed by atoms with Crippen LogP contribution in [0.25, 0.3) is 0 Å². The molecule has 0 spiro atoms. The summed E-state index contributed by atoms with van der Waals surface area (Å²) in [4.78, 5) is 7.24. The van der Waals surface area contributed by atoms with Crippen molar-refractivity contribution < 1.29 is 0 Å². The molecule has 0 radical (unpaired) electrons. The van der Waals surface area contributed by atoms with E-state index in [1.807, 2.05) is 19.3 Å². The molecule has 3 heteroatoms. The number of piperidine rings is 1. The summed E-state index contributed by atoms with van der Waals surface area (Å²) in [6.45, 7) is 5.65. The van der Waals surface area contributed by atoms with E-state index < -0.39 is 0 Å². The summed E-state index contributed by atoms with van der Waals surface area (Å²) in [5.41, 5.74) is 1.33. The largest absolute Gasteiger partial charge is 0.353 e. The van der Waals surface area contributed by atoms with Crippen LogP contribution in [0, 0.1) is 0 Å². The molecule has 0 saturated carbocycles. The van der Waals surface area contributed by atoms with Gasteiger partial charge in [0.15, 0.2) is 0 Å². The van der Waals surface area contributed by atoms with E-state index in [9.17, 15) is 0 Å². The summed E-state index contributed by atoms with van der Waals surface area (Å²) in [7, 11) is 2.02. The molecule has 1 aliphatic rings. The lowest BCUT2D eigenvalue weighted by atomic mass is 9.97. The SMILES string of the molecule is CCCC1CCCCN1c1ncccc1C(C)NC. The Morgan fingerprint density at radius 2 is 2.32 bits per heavy atom. The lowest BCUT2D eigenvalue weighted by molar-refractivity contribution is 0.429. The third-order valence-corrected chi connectivity index (χ3v) is 4.24. The highest BCUT2D eigenvalue weighted by Gasteiger charge is 2.25. The van der Waals surface area contributed by atoms with Crippen LogP contribution in [0.2, 0.25) is 0 Å². The van der Waals surface area contributed by atoms with Crippen molar-refractivity contribution in [3.8, 4) is 0 Å². The third-order valence-electron chi connectivity index (χ3n) is 4.24. The molecule has 1 fully saturated rings. The minimum Gasteiger partial charge on any atom is -0.353 e. The number of nitrogens with one attached hydrogen (secondary N) is 1. The van der Waals surface area contributed by atoms with Gasteiger partial charge >= 0.3 is 0 Å². The average Bonchev–Trinajstić information content (AvgIpc) is 2.47. The van der Waals surface area contributed by atoms with Crippen LogP contribution in [0.5, 0.6) is 0 Å². The van der Waals surface area contributed by atoms with Crippen LogP contribution in [-0.4, -0.2) is 24.6 Å². The average molecular weight is 261 g/mol. The molecule has 0 amide bonds. The number of rotatable bonds is 5. The molecule has 106 valence electrons. The Morgan fingerprint density at radius 1 is 1.47 bits per heavy atom. The first kappa shape index (κ1) is 14.3. The Kier molecular flexibility index (Phi) is 5.20. The van der Waals surface area contributed by atoms with E-state index in [2.05, 4.69) is 35.1 Å². The number of aromatic nitrogens is 1. The Labute approximate surface area is 117 Å². The van der Waals surface area contributed by atoms with E-state index in [1.165, 1.54) is 43.5 Å². The summed E-state index contributed by atoms with van der Waals surface area (Å²) in [6, 6.07) is 5.29. The smallest absolute Gasteiger partial charge is 0.133 e. The van der Waals surface area contributed by atoms with E-state index in [-0.39, 0.29) is 0 Å². The molecule has 1 N–H and O–H groups in total. The number of pyridine rings is 1. The maximum Gasteiger partial charge on any atom is 0.133 e. The van der Waals surface area contributed by atoms with Gasteiger partial charge in [-0.2, -0.15) is 0 Å². The van der Waals surface area contributed by atoms with E-state index in [4.69, 9.17) is 0 Å². The second kappa shape index (κ2) is 6.90. The van der Waals surface area contributed by atoms with Crippen LogP contribution < -0.4 is 10.2 Å². The molecular weight excluding hydrogens is 234 g/mol. The van der Waals surface area contributed by atoms with Gasteiger partial charge in [0, 0.05) is 30.4 Å². The molecule has 3 nitrogen and oxygen atoms in total. The standard InChI is InChI=1S/C16H27N3/c1-4-8-14-9-5-6-12-19(14)16-15(13(2)17-3)10-7-11-18-16/h7,10-11,13-14,17H,4-6,8-9,12H2,1-3H3. The van der Waals surface area contributed by atoms with Gasteiger partial charge in [-0.25, -0.2) is 4.98 Å². The Morgan fingerprint density at radius 3 is 3.05 bits per heavy atom. The second-order valence-corrected chi connectivity index (χ2v) is 5.56. The number of anilines is 1. The molecule has 1 aromatic rings. The maximum atomic E-state index is 4.69. The maximum absolute atomic E-state index is 4.69. The van der Waals surface area contributed by atoms with Crippen molar-refractivity contribution in [2.24, 2.45) is 0 Å². The summed E-state index contributed by atoms with van der Waals surface area (Å²) in [5.74, 6) is 1.20. The summed E-state index contributed by atoms with van der Waals surface area (Å²) < 4.78 is 0. The van der Waals surface area contributed by atoms with E-state index in [1.54, 1.807) is 0 Å². The zero-order chi connectivity index (χ0) is 13.7. The van der Waals surface area contributed by atoms with Crippen molar-refractivity contribution >= 4 is 5.82 Å². The highest BCUT2D eigenvalue weighted by molar-refractivity contribution is 5.49. The van der Waals surface area contributed by atoms with Crippen LogP contribution >= 0.6 is 0 Å². The first-order chi connectivity index (χ1) is 9.27. The van der Waals surface area contributed by atoms with Gasteiger partial charge in [0.25, 0.3) is 0 Å². The van der Waals surface area contributed by atoms with Crippen molar-refractivity contribution in [2.75, 3.05) is 18.5 Å². The van der Waals surface area contributed by atoms with Crippen molar-refractivity contribution in [1.29, 1.82) is 0 Å². The van der Waals surface area contributed by atoms with Gasteiger partial charge in [-0.15, -0.1) is 0 Å². The van der Waals surface area contributed by atoms with E-state index in [0.717, 1.165) is 6.54 Å². The van der Waals surface area contributed by atoms with Gasteiger partial charge in [0.2, 0.25) is 0 Å². The van der Waals surface area contributed by atoms with Gasteiger partial charge in [-0.3, -0.25) is 0 Å². The van der Waals surface area contributed by atoms with Gasteiger partial charge < -0.3 is 10.2 Å². The molecular formula is C16H27N3. The molecule has 19 heavy (non-hydrogen) atoms. The van der Waals surface area contributed by atoms with Crippen LogP contribution in [-0.2, 0) is 0 Å². The Balaban J connectivity index is 2.28. The van der Waals surface area contributed by atoms with Crippen LogP contribution in [0.4, 0.5) is 5.82 Å². The van der Waals surface area contributed by atoms with E-state index in [0.29, 0.717) is 12.1 Å². The summed E-state index contributed by atoms with van der Waals surface area (Å²) in [6.07, 6.45) is 8.44. The van der Waals surface area contributed by atoms with Crippen molar-refractivity contribution in [2.45, 2.75) is 58.0 Å². The molecule has 0 aromatic carbocycles.